The summed E-state index contributed by atoms with van der Waals surface area (Å²) in [6.07, 6.45) is -5.82. The average Bonchev–Trinajstić information content (AvgIpc) is 1.63. The zero-order valence-corrected chi connectivity index (χ0v) is 63.3. The van der Waals surface area contributed by atoms with Gasteiger partial charge in [-0.05, 0) is 229 Å². The van der Waals surface area contributed by atoms with Crippen LogP contribution < -0.4 is 30.0 Å². The number of carboxylic acids is 1. The molecule has 6 aromatic rings. The van der Waals surface area contributed by atoms with Crippen LogP contribution in [-0.4, -0.2) is 98.9 Å². The molecule has 2 unspecified atom stereocenters. The number of benzene rings is 4. The van der Waals surface area contributed by atoms with Gasteiger partial charge >= 0.3 is 43.2 Å². The Kier molecular flexibility index (Phi) is 32.0. The van der Waals surface area contributed by atoms with Crippen LogP contribution in [-0.2, 0) is 49.1 Å². The van der Waals surface area contributed by atoms with Crippen molar-refractivity contribution in [3.63, 3.8) is 0 Å². The smallest absolute Gasteiger partial charge is 0.870 e. The number of likely N-dealkylation sites (tertiary alicyclic amines) is 2. The molecule has 4 heterocycles. The molecule has 4 aromatic carbocycles. The third-order valence-electron chi connectivity index (χ3n) is 20.2. The van der Waals surface area contributed by atoms with E-state index >= 15 is 17.6 Å². The number of pyridine rings is 2. The van der Waals surface area contributed by atoms with Gasteiger partial charge in [0.05, 0.1) is 42.7 Å². The Morgan fingerprint density at radius 3 is 1.21 bits per heavy atom. The van der Waals surface area contributed by atoms with E-state index in [2.05, 4.69) is 0 Å². The number of esters is 1. The van der Waals surface area contributed by atoms with E-state index in [0.29, 0.717) is 62.0 Å². The number of halogens is 12. The number of carboxylic acid groups (broad SMARTS) is 1. The van der Waals surface area contributed by atoms with E-state index in [9.17, 15) is 69.0 Å². The van der Waals surface area contributed by atoms with Crippen molar-refractivity contribution in [2.45, 2.75) is 200 Å². The Morgan fingerprint density at radius 1 is 0.547 bits per heavy atom. The first-order chi connectivity index (χ1) is 48.0. The maximum Gasteiger partial charge on any atom is 1.00 e. The molecular weight excluding hydrogens is 1440 g/mol. The zero-order valence-electron chi connectivity index (χ0n) is 61.3. The van der Waals surface area contributed by atoms with Crippen molar-refractivity contribution in [2.24, 2.45) is 11.8 Å². The van der Waals surface area contributed by atoms with Gasteiger partial charge in [0, 0.05) is 84.5 Å². The van der Waals surface area contributed by atoms with Crippen LogP contribution in [0.2, 0.25) is 0 Å². The quantitative estimate of drug-likeness (QED) is 0.0268. The van der Waals surface area contributed by atoms with E-state index in [-0.39, 0.29) is 163 Å². The molecule has 2 aliphatic heterocycles. The number of hydrogen-bond acceptors (Lipinski definition) is 10. The topological polar surface area (TPSA) is 178 Å². The summed E-state index contributed by atoms with van der Waals surface area (Å²) in [6, 6.07) is 6.55. The molecule has 13 nitrogen and oxygen atoms in total. The van der Waals surface area contributed by atoms with E-state index in [0.717, 1.165) is 60.5 Å². The summed E-state index contributed by atoms with van der Waals surface area (Å²) in [6.45, 7) is 18.6. The molecule has 2 aliphatic carbocycles. The summed E-state index contributed by atoms with van der Waals surface area (Å²) < 4.78 is 188. The SMILES string of the molecule is CCOC(=O)C[C@H](CC(=O)C(CC(C)C)n1cc(CCN2CCC2)c(C(F)(F)F)cc1=O)c1c(F)c(-c2c(C)ccc(F)c2C)cc(C2CC2)c1F.Cc1ccc(F)c(C)c1-c1cc(C2CC2)c(F)c([C@H](CC(=O)O)CC(=O)C(CC(C)C)n2cc(CCN3CCC3)c(C(F)(F)F)cc2=O)c1F.S.S.[Li+].[OH-]. The van der Waals surface area contributed by atoms with E-state index in [1.165, 1.54) is 50.2 Å². The fraction of sp³-hybridized carbons (Fsp3) is 0.513. The summed E-state index contributed by atoms with van der Waals surface area (Å²) in [4.78, 5) is 84.4. The molecule has 0 amide bonds. The Hall–Kier alpha value is -6.60. The Labute approximate surface area is 635 Å². The van der Waals surface area contributed by atoms with E-state index < -0.39 is 154 Å². The molecular formula is C78H93F12LiN4O9S2. The van der Waals surface area contributed by atoms with Gasteiger partial charge in [-0.3, -0.25) is 28.8 Å². The molecule has 576 valence electrons. The summed E-state index contributed by atoms with van der Waals surface area (Å²) in [5.41, 5.74) is -3.73. The number of ether oxygens (including phenoxy) is 1. The molecule has 4 fully saturated rings. The Morgan fingerprint density at radius 2 is 0.906 bits per heavy atom. The van der Waals surface area contributed by atoms with Gasteiger partial charge in [0.25, 0.3) is 11.1 Å². The molecule has 2 saturated heterocycles. The van der Waals surface area contributed by atoms with E-state index in [1.54, 1.807) is 48.5 Å². The number of nitrogens with zero attached hydrogens (tertiary/aromatic N) is 4. The summed E-state index contributed by atoms with van der Waals surface area (Å²) in [5, 5.41) is 9.89. The van der Waals surface area contributed by atoms with Gasteiger partial charge in [-0.2, -0.15) is 53.3 Å². The minimum Gasteiger partial charge on any atom is -0.870 e. The average molecular weight is 1530 g/mol. The fourth-order valence-electron chi connectivity index (χ4n) is 14.3. The fourth-order valence-corrected chi connectivity index (χ4v) is 14.3. The van der Waals surface area contributed by atoms with Crippen molar-refractivity contribution >= 4 is 50.5 Å². The molecule has 0 spiro atoms. The second-order valence-electron chi connectivity index (χ2n) is 28.8. The third-order valence-corrected chi connectivity index (χ3v) is 20.2. The van der Waals surface area contributed by atoms with Crippen LogP contribution in [0.5, 0.6) is 0 Å². The van der Waals surface area contributed by atoms with Gasteiger partial charge in [-0.1, -0.05) is 39.8 Å². The second kappa shape index (κ2) is 37.7. The maximum absolute atomic E-state index is 16.9. The van der Waals surface area contributed by atoms with Gasteiger partial charge in [0.15, 0.2) is 11.6 Å². The first-order valence-corrected chi connectivity index (χ1v) is 35.1. The number of carbonyl (C=O) groups excluding carboxylic acids is 3. The number of aryl methyl sites for hydroxylation is 2. The molecule has 2 N–H and O–H groups in total. The number of aliphatic carboxylic acids is 1. The number of carbonyl (C=O) groups is 4. The number of rotatable bonds is 29. The number of aromatic nitrogens is 2. The molecule has 4 atom stereocenters. The van der Waals surface area contributed by atoms with Crippen LogP contribution in [0.25, 0.3) is 22.3 Å². The van der Waals surface area contributed by atoms with Crippen LogP contribution in [0.15, 0.2) is 70.5 Å². The van der Waals surface area contributed by atoms with Crippen molar-refractivity contribution in [3.05, 3.63) is 183 Å². The molecule has 10 rings (SSSR count). The van der Waals surface area contributed by atoms with Gasteiger partial charge < -0.3 is 34.3 Å². The van der Waals surface area contributed by atoms with Crippen LogP contribution in [0, 0.1) is 74.4 Å². The summed E-state index contributed by atoms with van der Waals surface area (Å²) >= 11 is 0. The molecule has 0 radical (unpaired) electrons. The first-order valence-electron chi connectivity index (χ1n) is 35.1. The molecule has 0 bridgehead atoms. The molecule has 2 aromatic heterocycles. The Balaban J connectivity index is 0.000000367. The third kappa shape index (κ3) is 21.2. The molecule has 106 heavy (non-hydrogen) atoms. The van der Waals surface area contributed by atoms with Crippen molar-refractivity contribution < 1.29 is 106 Å². The second-order valence-corrected chi connectivity index (χ2v) is 28.8. The standard InChI is InChI=1S/C40H46F6N2O4.C38H42F6N2O4.Li.H2O.2H2S/c1-6-52-35(51)18-27(37-38(42)28(25-9-10-25)19-29(39(37)43)36-23(4)8-11-31(41)24(36)5)17-33(49)32(16-22(2)3)48-21-26(12-15-47-13-7-14-47)30(20-34(48)50)40(44,45)46;1-20(2)14-30(46-19-24(10-13-45-11-5-12-45)28(18-32(46)48)38(42,43)44)31(47)15-25(16-33(49)50)35-36(40)26(23-7-8-23)17-27(37(35)41)34-21(3)6-9-29(39)22(34)4;;;;/h8,11,19-22,25,27,32H,6-7,9-10,12-18H2,1-5H3;6,9,17-20,23,25,30H,5,7-8,10-16H2,1-4H3,(H,49,50);;3*1H2/q;;+1;;;/p-1/t27-,32?;25-,30?;;;;/m00..../s1. The van der Waals surface area contributed by atoms with Gasteiger partial charge in [-0.25, -0.2) is 26.3 Å². The number of ketones is 2. The minimum absolute atomic E-state index is 0. The molecule has 4 aliphatic rings. The summed E-state index contributed by atoms with van der Waals surface area (Å²) in [5.74, 6) is -12.8. The van der Waals surface area contributed by atoms with Gasteiger partial charge in [-0.15, -0.1) is 0 Å². The number of hydrogen-bond donors (Lipinski definition) is 1. The van der Waals surface area contributed by atoms with Crippen molar-refractivity contribution in [2.75, 3.05) is 45.9 Å². The molecule has 28 heteroatoms. The molecule has 2 saturated carbocycles. The predicted octanol–water partition coefficient (Wildman–Crippen LogP) is 14.5. The van der Waals surface area contributed by atoms with E-state index in [1.807, 2.05) is 9.80 Å². The van der Waals surface area contributed by atoms with Crippen LogP contribution in [0.4, 0.5) is 52.7 Å². The van der Waals surface area contributed by atoms with Crippen LogP contribution in [0.3, 0.4) is 0 Å². The Bertz CT molecular complexity index is 4280. The van der Waals surface area contributed by atoms with Crippen molar-refractivity contribution in [1.82, 2.24) is 18.9 Å². The summed E-state index contributed by atoms with van der Waals surface area (Å²) in [7, 11) is 0. The van der Waals surface area contributed by atoms with Crippen molar-refractivity contribution in [1.29, 1.82) is 0 Å². The maximum atomic E-state index is 16.9. The monoisotopic (exact) mass is 1530 g/mol. The van der Waals surface area contributed by atoms with Gasteiger partial charge in [0.1, 0.15) is 34.9 Å². The van der Waals surface area contributed by atoms with Gasteiger partial charge in [0.2, 0.25) is 0 Å². The predicted molar refractivity (Wildman–Crippen MR) is 385 cm³/mol. The number of alkyl halides is 6. The number of Topliss-reactive ketones (excluding diaryl/α,β-unsaturated/α-hetero) is 2. The van der Waals surface area contributed by atoms with Crippen molar-refractivity contribution in [3.8, 4) is 22.3 Å². The largest absolute Gasteiger partial charge is 1.00 e. The first kappa shape index (κ1) is 90.0. The van der Waals surface area contributed by atoms with Crippen LogP contribution >= 0.6 is 27.0 Å². The minimum atomic E-state index is -4.82. The van der Waals surface area contributed by atoms with E-state index in [4.69, 9.17) is 4.74 Å². The zero-order chi connectivity index (χ0) is 74.7. The normalized spacial score (nSPS) is 15.7. The van der Waals surface area contributed by atoms with Crippen LogP contribution in [0.1, 0.15) is 214 Å².